The summed E-state index contributed by atoms with van der Waals surface area (Å²) in [5.74, 6) is -1.61. The molecule has 1 aliphatic rings. The van der Waals surface area contributed by atoms with E-state index in [4.69, 9.17) is 4.74 Å². The van der Waals surface area contributed by atoms with Crippen molar-refractivity contribution < 1.29 is 18.7 Å². The van der Waals surface area contributed by atoms with Crippen LogP contribution in [0.15, 0.2) is 42.5 Å². The summed E-state index contributed by atoms with van der Waals surface area (Å²) in [6.07, 6.45) is 0.889. The van der Waals surface area contributed by atoms with E-state index in [0.29, 0.717) is 17.0 Å². The molecule has 23 heavy (non-hydrogen) atoms. The molecule has 0 saturated carbocycles. The highest BCUT2D eigenvalue weighted by atomic mass is 19.1. The highest BCUT2D eigenvalue weighted by Gasteiger charge is 2.32. The van der Waals surface area contributed by atoms with Gasteiger partial charge in [0.15, 0.2) is 0 Å². The van der Waals surface area contributed by atoms with Gasteiger partial charge in [-0.2, -0.15) is 0 Å². The number of fused-ring (bicyclic) bond motifs is 1. The van der Waals surface area contributed by atoms with Gasteiger partial charge in [-0.1, -0.05) is 25.1 Å². The Balaban J connectivity index is 1.83. The van der Waals surface area contributed by atoms with E-state index in [1.54, 1.807) is 12.1 Å². The molecule has 4 nitrogen and oxygen atoms in total. The third kappa shape index (κ3) is 3.23. The molecule has 118 valence electrons. The quantitative estimate of drug-likeness (QED) is 0.698. The fourth-order valence-corrected chi connectivity index (χ4v) is 2.63. The average Bonchev–Trinajstić information content (AvgIpc) is 2.54. The summed E-state index contributed by atoms with van der Waals surface area (Å²) >= 11 is 0. The van der Waals surface area contributed by atoms with Crippen molar-refractivity contribution in [1.82, 2.24) is 0 Å². The van der Waals surface area contributed by atoms with Crippen LogP contribution >= 0.6 is 0 Å². The van der Waals surface area contributed by atoms with Crippen LogP contribution in [0.25, 0.3) is 0 Å². The number of hydrogen-bond donors (Lipinski definition) is 1. The second kappa shape index (κ2) is 6.20. The lowest BCUT2D eigenvalue weighted by Gasteiger charge is -2.24. The van der Waals surface area contributed by atoms with Gasteiger partial charge in [0, 0.05) is 12.1 Å². The molecule has 0 aliphatic carbocycles. The molecule has 1 heterocycles. The second-order valence-electron chi connectivity index (χ2n) is 5.46. The lowest BCUT2D eigenvalue weighted by molar-refractivity contribution is -0.138. The summed E-state index contributed by atoms with van der Waals surface area (Å²) in [5, 5.41) is 2.58. The van der Waals surface area contributed by atoms with E-state index in [1.165, 1.54) is 18.2 Å². The molecule has 1 N–H and O–H groups in total. The summed E-state index contributed by atoms with van der Waals surface area (Å²) in [5.41, 5.74) is 2.04. The molecule has 1 amide bonds. The van der Waals surface area contributed by atoms with Crippen molar-refractivity contribution in [3.8, 4) is 5.75 Å². The van der Waals surface area contributed by atoms with Gasteiger partial charge in [-0.15, -0.1) is 0 Å². The number of rotatable bonds is 3. The highest BCUT2D eigenvalue weighted by molar-refractivity contribution is 6.00. The van der Waals surface area contributed by atoms with E-state index in [1.807, 2.05) is 19.1 Å². The predicted octanol–water partition coefficient (Wildman–Crippen LogP) is 3.42. The zero-order valence-corrected chi connectivity index (χ0v) is 12.6. The molecular weight excluding hydrogens is 297 g/mol. The first-order valence-corrected chi connectivity index (χ1v) is 7.46. The first-order valence-electron chi connectivity index (χ1n) is 7.46. The highest BCUT2D eigenvalue weighted by Crippen LogP contribution is 2.33. The summed E-state index contributed by atoms with van der Waals surface area (Å²) in [6, 6.07) is 11.2. The van der Waals surface area contributed by atoms with E-state index in [0.717, 1.165) is 12.0 Å². The molecule has 0 saturated heterocycles. The Bertz CT molecular complexity index is 755. The minimum absolute atomic E-state index is 0.00942. The largest absolute Gasteiger partial charge is 0.426 e. The van der Waals surface area contributed by atoms with E-state index in [-0.39, 0.29) is 12.3 Å². The minimum atomic E-state index is -0.731. The molecule has 1 aliphatic heterocycles. The van der Waals surface area contributed by atoms with Crippen LogP contribution in [0.3, 0.4) is 0 Å². The smallest absolute Gasteiger partial charge is 0.319 e. The first kappa shape index (κ1) is 15.2. The number of esters is 1. The topological polar surface area (TPSA) is 55.4 Å². The Labute approximate surface area is 133 Å². The van der Waals surface area contributed by atoms with Crippen LogP contribution in [0.1, 0.15) is 30.4 Å². The molecule has 2 aromatic carbocycles. The number of aryl methyl sites for hydroxylation is 1. The standard InChI is InChI=1S/C18H16FNO3/c1-2-11-3-6-13(7-4-11)23-18(22)15-10-17(21)20-16-9-12(19)5-8-14(15)16/h3-9,15H,2,10H2,1H3,(H,20,21). The molecule has 0 fully saturated rings. The number of carbonyl (C=O) groups is 2. The maximum absolute atomic E-state index is 13.3. The van der Waals surface area contributed by atoms with E-state index >= 15 is 0 Å². The summed E-state index contributed by atoms with van der Waals surface area (Å²) < 4.78 is 18.7. The zero-order chi connectivity index (χ0) is 16.4. The van der Waals surface area contributed by atoms with Crippen molar-refractivity contribution >= 4 is 17.6 Å². The number of halogens is 1. The van der Waals surface area contributed by atoms with E-state index in [9.17, 15) is 14.0 Å². The molecule has 0 radical (unpaired) electrons. The zero-order valence-electron chi connectivity index (χ0n) is 12.6. The first-order chi connectivity index (χ1) is 11.1. The number of amides is 1. The molecule has 0 spiro atoms. The van der Waals surface area contributed by atoms with Gasteiger partial charge in [0.2, 0.25) is 5.91 Å². The average molecular weight is 313 g/mol. The van der Waals surface area contributed by atoms with Crippen molar-refractivity contribution in [2.75, 3.05) is 5.32 Å². The van der Waals surface area contributed by atoms with Crippen molar-refractivity contribution in [2.24, 2.45) is 0 Å². The maximum atomic E-state index is 13.3. The molecule has 1 unspecified atom stereocenters. The van der Waals surface area contributed by atoms with Crippen molar-refractivity contribution in [3.63, 3.8) is 0 Å². The SMILES string of the molecule is CCc1ccc(OC(=O)C2CC(=O)Nc3cc(F)ccc32)cc1. The van der Waals surface area contributed by atoms with Crippen LogP contribution in [0.2, 0.25) is 0 Å². The second-order valence-corrected chi connectivity index (χ2v) is 5.46. The molecule has 0 aromatic heterocycles. The van der Waals surface area contributed by atoms with Crippen LogP contribution in [0, 0.1) is 5.82 Å². The van der Waals surface area contributed by atoms with E-state index < -0.39 is 17.7 Å². The van der Waals surface area contributed by atoms with Gasteiger partial charge in [-0.05, 0) is 41.8 Å². The molecule has 1 atom stereocenters. The normalized spacial score (nSPS) is 16.4. The number of hydrogen-bond acceptors (Lipinski definition) is 3. The Kier molecular flexibility index (Phi) is 4.10. The van der Waals surface area contributed by atoms with Gasteiger partial charge in [-0.3, -0.25) is 9.59 Å². The molecular formula is C18H16FNO3. The van der Waals surface area contributed by atoms with Crippen molar-refractivity contribution in [1.29, 1.82) is 0 Å². The van der Waals surface area contributed by atoms with E-state index in [2.05, 4.69) is 5.32 Å². The van der Waals surface area contributed by atoms with Gasteiger partial charge in [-0.25, -0.2) is 4.39 Å². The number of anilines is 1. The Morgan fingerprint density at radius 1 is 1.26 bits per heavy atom. The van der Waals surface area contributed by atoms with Crippen LogP contribution in [0.5, 0.6) is 5.75 Å². The predicted molar refractivity (Wildman–Crippen MR) is 83.8 cm³/mol. The Morgan fingerprint density at radius 3 is 2.70 bits per heavy atom. The third-order valence-corrected chi connectivity index (χ3v) is 3.89. The summed E-state index contributed by atoms with van der Waals surface area (Å²) in [6.45, 7) is 2.04. The summed E-state index contributed by atoms with van der Waals surface area (Å²) in [4.78, 5) is 24.2. The van der Waals surface area contributed by atoms with Crippen molar-refractivity contribution in [3.05, 3.63) is 59.4 Å². The number of ether oxygens (including phenoxy) is 1. The number of nitrogens with one attached hydrogen (secondary N) is 1. The maximum Gasteiger partial charge on any atom is 0.319 e. The molecule has 2 aromatic rings. The Morgan fingerprint density at radius 2 is 2.00 bits per heavy atom. The van der Waals surface area contributed by atoms with Crippen LogP contribution in [-0.2, 0) is 16.0 Å². The monoisotopic (exact) mass is 313 g/mol. The van der Waals surface area contributed by atoms with Crippen LogP contribution in [-0.4, -0.2) is 11.9 Å². The fraction of sp³-hybridized carbons (Fsp3) is 0.222. The van der Waals surface area contributed by atoms with Crippen LogP contribution < -0.4 is 10.1 Å². The lowest BCUT2D eigenvalue weighted by atomic mass is 9.90. The van der Waals surface area contributed by atoms with Crippen LogP contribution in [0.4, 0.5) is 10.1 Å². The number of carbonyl (C=O) groups excluding carboxylic acids is 2. The van der Waals surface area contributed by atoms with Gasteiger partial charge in [0.05, 0.1) is 5.92 Å². The molecule has 0 bridgehead atoms. The molecule has 3 rings (SSSR count). The molecule has 5 heteroatoms. The van der Waals surface area contributed by atoms with Gasteiger partial charge in [0.1, 0.15) is 11.6 Å². The van der Waals surface area contributed by atoms with Crippen molar-refractivity contribution in [2.45, 2.75) is 25.7 Å². The summed E-state index contributed by atoms with van der Waals surface area (Å²) in [7, 11) is 0. The Hall–Kier alpha value is -2.69. The fourth-order valence-electron chi connectivity index (χ4n) is 2.63. The number of benzene rings is 2. The lowest BCUT2D eigenvalue weighted by Crippen LogP contribution is -2.29. The van der Waals surface area contributed by atoms with Gasteiger partial charge in [0.25, 0.3) is 0 Å². The minimum Gasteiger partial charge on any atom is -0.426 e. The van der Waals surface area contributed by atoms with Gasteiger partial charge >= 0.3 is 5.97 Å². The van der Waals surface area contributed by atoms with Gasteiger partial charge < -0.3 is 10.1 Å². The third-order valence-electron chi connectivity index (χ3n) is 3.89.